The van der Waals surface area contributed by atoms with Gasteiger partial charge in [0.2, 0.25) is 0 Å². The van der Waals surface area contributed by atoms with Gasteiger partial charge in [0.25, 0.3) is 0 Å². The zero-order chi connectivity index (χ0) is 20.9. The molecule has 0 spiro atoms. The second-order valence-electron chi connectivity index (χ2n) is 8.35. The molecule has 1 aromatic heterocycles. The van der Waals surface area contributed by atoms with Crippen LogP contribution in [-0.2, 0) is 23.0 Å². The van der Waals surface area contributed by atoms with Crippen LogP contribution in [0.1, 0.15) is 58.8 Å². The summed E-state index contributed by atoms with van der Waals surface area (Å²) in [5.41, 5.74) is 5.65. The smallest absolute Gasteiger partial charge is 0.312 e. The number of nitrogens with zero attached hydrogens (tertiary/aromatic N) is 3. The number of carbonyl (C=O) groups is 2. The largest absolute Gasteiger partial charge is 0.469 e. The molecule has 1 heterocycles. The topological polar surface area (TPSA) is 74.1 Å². The molecule has 0 saturated heterocycles. The summed E-state index contributed by atoms with van der Waals surface area (Å²) in [7, 11) is 3.27. The van der Waals surface area contributed by atoms with Gasteiger partial charge < -0.3 is 4.74 Å². The zero-order valence-corrected chi connectivity index (χ0v) is 17.4. The lowest BCUT2D eigenvalue weighted by atomic mass is 9.69. The molecule has 1 aliphatic rings. The molecule has 150 valence electrons. The van der Waals surface area contributed by atoms with Crippen molar-refractivity contribution in [2.45, 2.75) is 39.5 Å². The summed E-state index contributed by atoms with van der Waals surface area (Å²) in [4.78, 5) is 25.1. The first-order valence-electron chi connectivity index (χ1n) is 9.79. The fourth-order valence-corrected chi connectivity index (χ4v) is 4.56. The van der Waals surface area contributed by atoms with Gasteiger partial charge in [-0.1, -0.05) is 23.4 Å². The number of aryl methyl sites for hydroxylation is 3. The number of esters is 1. The highest BCUT2D eigenvalue weighted by Gasteiger charge is 2.41. The average Bonchev–Trinajstić information content (AvgIpc) is 3.26. The Hall–Kier alpha value is -3.02. The Morgan fingerprint density at radius 1 is 1.21 bits per heavy atom. The minimum absolute atomic E-state index is 0.164. The quantitative estimate of drug-likeness (QED) is 0.634. The number of carbonyl (C=O) groups excluding carboxylic acids is 2. The van der Waals surface area contributed by atoms with E-state index < -0.39 is 5.41 Å². The van der Waals surface area contributed by atoms with Crippen LogP contribution in [0.5, 0.6) is 0 Å². The van der Waals surface area contributed by atoms with Crippen LogP contribution < -0.4 is 0 Å². The number of rotatable bonds is 4. The molecule has 0 unspecified atom stereocenters. The standard InChI is InChI=1S/C23H25N3O3/c1-13-16(9-10-18-21(13)24-25-26(18)4)20(23(2,3)22(28)29-5)15-7-6-14-8-11-19(27)17(14)12-15/h6-7,9-10,12,20H,8,11H2,1-5H3/t20-/m1/s1. The van der Waals surface area contributed by atoms with Crippen LogP contribution in [0.15, 0.2) is 30.3 Å². The Balaban J connectivity index is 1.95. The number of hydrogen-bond donors (Lipinski definition) is 0. The predicted molar refractivity (Wildman–Crippen MR) is 110 cm³/mol. The Morgan fingerprint density at radius 3 is 2.69 bits per heavy atom. The van der Waals surface area contributed by atoms with Crippen LogP contribution in [0.3, 0.4) is 0 Å². The summed E-state index contributed by atoms with van der Waals surface area (Å²) in [5.74, 6) is -0.425. The molecule has 29 heavy (non-hydrogen) atoms. The van der Waals surface area contributed by atoms with Gasteiger partial charge in [0.15, 0.2) is 5.78 Å². The number of fused-ring (bicyclic) bond motifs is 2. The molecule has 0 saturated carbocycles. The molecule has 6 nitrogen and oxygen atoms in total. The van der Waals surface area contributed by atoms with Crippen molar-refractivity contribution in [3.8, 4) is 0 Å². The first kappa shape index (κ1) is 19.3. The molecule has 2 aromatic carbocycles. The Kier molecular flexibility index (Phi) is 4.52. The highest BCUT2D eigenvalue weighted by molar-refractivity contribution is 6.00. The summed E-state index contributed by atoms with van der Waals surface area (Å²) in [6, 6.07) is 10.0. The van der Waals surface area contributed by atoms with Crippen molar-refractivity contribution in [1.82, 2.24) is 15.0 Å². The highest BCUT2D eigenvalue weighted by Crippen LogP contribution is 2.45. The second kappa shape index (κ2) is 6.79. The molecule has 0 radical (unpaired) electrons. The van der Waals surface area contributed by atoms with Crippen LogP contribution in [-0.4, -0.2) is 33.9 Å². The van der Waals surface area contributed by atoms with E-state index in [4.69, 9.17) is 4.74 Å². The maximum Gasteiger partial charge on any atom is 0.312 e. The Labute approximate surface area is 169 Å². The van der Waals surface area contributed by atoms with Crippen molar-refractivity contribution in [1.29, 1.82) is 0 Å². The van der Waals surface area contributed by atoms with Crippen LogP contribution >= 0.6 is 0 Å². The van der Waals surface area contributed by atoms with E-state index in [1.54, 1.807) is 4.68 Å². The monoisotopic (exact) mass is 391 g/mol. The predicted octanol–water partition coefficient (Wildman–Crippen LogP) is 3.74. The summed E-state index contributed by atoms with van der Waals surface area (Å²) in [6.45, 7) is 5.78. The fourth-order valence-electron chi connectivity index (χ4n) is 4.56. The summed E-state index contributed by atoms with van der Waals surface area (Å²) < 4.78 is 6.88. The van der Waals surface area contributed by atoms with Crippen LogP contribution in [0.2, 0.25) is 0 Å². The van der Waals surface area contributed by atoms with E-state index >= 15 is 0 Å². The van der Waals surface area contributed by atoms with Gasteiger partial charge in [-0.05, 0) is 61.6 Å². The third-order valence-corrected chi connectivity index (χ3v) is 6.21. The first-order valence-corrected chi connectivity index (χ1v) is 9.79. The zero-order valence-electron chi connectivity index (χ0n) is 17.4. The number of aromatic nitrogens is 3. The summed E-state index contributed by atoms with van der Waals surface area (Å²) in [6.07, 6.45) is 1.33. The lowest BCUT2D eigenvalue weighted by molar-refractivity contribution is -0.151. The Bertz CT molecular complexity index is 1140. The van der Waals surface area contributed by atoms with E-state index in [0.717, 1.165) is 45.3 Å². The molecule has 0 amide bonds. The van der Waals surface area contributed by atoms with E-state index in [1.807, 2.05) is 58.2 Å². The number of ether oxygens (including phenoxy) is 1. The average molecular weight is 391 g/mol. The van der Waals surface area contributed by atoms with Gasteiger partial charge in [-0.3, -0.25) is 9.59 Å². The first-order chi connectivity index (χ1) is 13.8. The summed E-state index contributed by atoms with van der Waals surface area (Å²) >= 11 is 0. The molecule has 0 N–H and O–H groups in total. The van der Waals surface area contributed by atoms with E-state index in [9.17, 15) is 9.59 Å². The van der Waals surface area contributed by atoms with Gasteiger partial charge in [0.05, 0.1) is 18.0 Å². The van der Waals surface area contributed by atoms with Gasteiger partial charge in [-0.2, -0.15) is 0 Å². The van der Waals surface area contributed by atoms with Crippen LogP contribution in [0.25, 0.3) is 11.0 Å². The van der Waals surface area contributed by atoms with E-state index in [0.29, 0.717) is 6.42 Å². The maximum absolute atomic E-state index is 12.8. The van der Waals surface area contributed by atoms with Gasteiger partial charge in [-0.25, -0.2) is 4.68 Å². The SMILES string of the molecule is COC(=O)C(C)(C)[C@H](c1ccc2c(c1)C(=O)CC2)c1ccc2c(nnn2C)c1C. The second-order valence-corrected chi connectivity index (χ2v) is 8.35. The molecule has 1 aliphatic carbocycles. The molecule has 1 atom stereocenters. The van der Waals surface area contributed by atoms with Crippen molar-refractivity contribution >= 4 is 22.8 Å². The third kappa shape index (κ3) is 2.94. The molecule has 4 rings (SSSR count). The lowest BCUT2D eigenvalue weighted by Crippen LogP contribution is -2.34. The van der Waals surface area contributed by atoms with Crippen LogP contribution in [0, 0.1) is 12.3 Å². The van der Waals surface area contributed by atoms with Crippen LogP contribution in [0.4, 0.5) is 0 Å². The molecular formula is C23H25N3O3. The lowest BCUT2D eigenvalue weighted by Gasteiger charge is -2.34. The van der Waals surface area contributed by atoms with Gasteiger partial charge in [0, 0.05) is 24.9 Å². The Morgan fingerprint density at radius 2 is 1.97 bits per heavy atom. The fraction of sp³-hybridized carbons (Fsp3) is 0.391. The van der Waals surface area contributed by atoms with E-state index in [2.05, 4.69) is 10.3 Å². The number of hydrogen-bond acceptors (Lipinski definition) is 5. The maximum atomic E-state index is 12.8. The molecule has 0 bridgehead atoms. The number of benzene rings is 2. The van der Waals surface area contributed by atoms with Crippen molar-refractivity contribution in [2.24, 2.45) is 12.5 Å². The van der Waals surface area contributed by atoms with E-state index in [1.165, 1.54) is 7.11 Å². The van der Waals surface area contributed by atoms with Crippen molar-refractivity contribution in [2.75, 3.05) is 7.11 Å². The van der Waals surface area contributed by atoms with Crippen molar-refractivity contribution in [3.05, 3.63) is 58.1 Å². The van der Waals surface area contributed by atoms with Gasteiger partial charge in [-0.15, -0.1) is 5.10 Å². The number of ketones is 1. The molecule has 6 heteroatoms. The molecule has 0 fully saturated rings. The number of methoxy groups -OCH3 is 1. The third-order valence-electron chi connectivity index (χ3n) is 6.21. The van der Waals surface area contributed by atoms with Crippen molar-refractivity contribution < 1.29 is 14.3 Å². The highest BCUT2D eigenvalue weighted by atomic mass is 16.5. The van der Waals surface area contributed by atoms with Gasteiger partial charge in [0.1, 0.15) is 5.52 Å². The minimum Gasteiger partial charge on any atom is -0.469 e. The van der Waals surface area contributed by atoms with Crippen molar-refractivity contribution in [3.63, 3.8) is 0 Å². The minimum atomic E-state index is -0.842. The number of Topliss-reactive ketones (excluding diaryl/α,β-unsaturated/α-hetero) is 1. The van der Waals surface area contributed by atoms with Gasteiger partial charge >= 0.3 is 5.97 Å². The van der Waals surface area contributed by atoms with E-state index in [-0.39, 0.29) is 17.7 Å². The molecular weight excluding hydrogens is 366 g/mol. The summed E-state index contributed by atoms with van der Waals surface area (Å²) in [5, 5.41) is 8.44. The normalized spacial score (nSPS) is 14.9. The molecule has 3 aromatic rings. The molecule has 0 aliphatic heterocycles.